The number of hydrogen-bond donors (Lipinski definition) is 0. The van der Waals surface area contributed by atoms with Gasteiger partial charge in [0.25, 0.3) is 0 Å². The minimum absolute atomic E-state index is 0.161. The molecular formula is C26H35O6P. The molecule has 0 amide bonds. The lowest BCUT2D eigenvalue weighted by molar-refractivity contribution is 0.104. The molecule has 0 fully saturated rings. The van der Waals surface area contributed by atoms with Crippen LogP contribution in [0, 0.1) is 5.92 Å². The molecule has 0 aliphatic rings. The zero-order valence-electron chi connectivity index (χ0n) is 20.6. The van der Waals surface area contributed by atoms with Gasteiger partial charge < -0.3 is 18.9 Å². The van der Waals surface area contributed by atoms with Gasteiger partial charge in [-0.2, -0.15) is 0 Å². The molecule has 0 heterocycles. The SMILES string of the molecule is CCCC(C)CC(C)P(C(=O)c1c(OC)cccc1OC)C(=O)c1c(OC)cccc1OC. The van der Waals surface area contributed by atoms with Gasteiger partial charge in [0.1, 0.15) is 34.1 Å². The van der Waals surface area contributed by atoms with E-state index in [1.807, 2.05) is 6.92 Å². The Morgan fingerprint density at radius 3 is 1.42 bits per heavy atom. The Bertz CT molecular complexity index is 846. The van der Waals surface area contributed by atoms with Gasteiger partial charge in [-0.25, -0.2) is 0 Å². The molecule has 0 N–H and O–H groups in total. The van der Waals surface area contributed by atoms with Crippen LogP contribution in [0.3, 0.4) is 0 Å². The van der Waals surface area contributed by atoms with Gasteiger partial charge in [0.2, 0.25) is 0 Å². The number of carbonyl (C=O) groups excluding carboxylic acids is 2. The summed E-state index contributed by atoms with van der Waals surface area (Å²) in [5.41, 5.74) is -0.107. The van der Waals surface area contributed by atoms with E-state index in [9.17, 15) is 9.59 Å². The normalized spacial score (nSPS) is 12.7. The number of ether oxygens (including phenoxy) is 4. The van der Waals surface area contributed by atoms with Crippen molar-refractivity contribution in [3.8, 4) is 23.0 Å². The number of methoxy groups -OCH3 is 4. The van der Waals surface area contributed by atoms with Crippen molar-refractivity contribution < 1.29 is 28.5 Å². The van der Waals surface area contributed by atoms with Crippen molar-refractivity contribution >= 4 is 19.0 Å². The molecule has 0 aromatic heterocycles. The minimum atomic E-state index is -1.83. The van der Waals surface area contributed by atoms with E-state index in [1.165, 1.54) is 28.4 Å². The van der Waals surface area contributed by atoms with E-state index in [0.717, 1.165) is 19.3 Å². The van der Waals surface area contributed by atoms with Crippen LogP contribution < -0.4 is 18.9 Å². The van der Waals surface area contributed by atoms with Gasteiger partial charge in [0.15, 0.2) is 11.0 Å². The van der Waals surface area contributed by atoms with Crippen molar-refractivity contribution in [1.29, 1.82) is 0 Å². The number of hydrogen-bond acceptors (Lipinski definition) is 6. The number of carbonyl (C=O) groups is 2. The molecule has 2 unspecified atom stereocenters. The molecular weight excluding hydrogens is 439 g/mol. The maximum atomic E-state index is 14.1. The third-order valence-corrected chi connectivity index (χ3v) is 8.10. The summed E-state index contributed by atoms with van der Waals surface area (Å²) in [5, 5.41) is 0. The molecule has 2 atom stereocenters. The fraction of sp³-hybridized carbons (Fsp3) is 0.462. The maximum Gasteiger partial charge on any atom is 0.199 e. The Hall–Kier alpha value is -2.59. The number of benzene rings is 2. The Balaban J connectivity index is 2.66. The Labute approximate surface area is 198 Å². The molecule has 6 nitrogen and oxygen atoms in total. The van der Waals surface area contributed by atoms with Gasteiger partial charge in [-0.15, -0.1) is 0 Å². The largest absolute Gasteiger partial charge is 0.496 e. The van der Waals surface area contributed by atoms with Crippen LogP contribution in [0.25, 0.3) is 0 Å². The average molecular weight is 475 g/mol. The van der Waals surface area contributed by atoms with Crippen LogP contribution >= 0.6 is 7.92 Å². The van der Waals surface area contributed by atoms with Gasteiger partial charge in [0.05, 0.1) is 28.4 Å². The molecule has 0 aliphatic heterocycles. The second kappa shape index (κ2) is 12.6. The second-order valence-corrected chi connectivity index (χ2v) is 10.5. The maximum absolute atomic E-state index is 14.1. The Kier molecular flexibility index (Phi) is 10.2. The summed E-state index contributed by atoms with van der Waals surface area (Å²) in [5.74, 6) is 1.94. The van der Waals surface area contributed by atoms with Crippen LogP contribution in [-0.4, -0.2) is 45.1 Å². The summed E-state index contributed by atoms with van der Waals surface area (Å²) in [4.78, 5) is 28.1. The second-order valence-electron chi connectivity index (χ2n) is 8.03. The van der Waals surface area contributed by atoms with Crippen molar-refractivity contribution in [2.75, 3.05) is 28.4 Å². The highest BCUT2D eigenvalue weighted by Gasteiger charge is 2.39. The van der Waals surface area contributed by atoms with E-state index in [2.05, 4.69) is 13.8 Å². The summed E-state index contributed by atoms with van der Waals surface area (Å²) in [6.45, 7) is 6.28. The van der Waals surface area contributed by atoms with Crippen LogP contribution in [0.4, 0.5) is 0 Å². The van der Waals surface area contributed by atoms with E-state index < -0.39 is 7.92 Å². The quantitative estimate of drug-likeness (QED) is 0.313. The number of rotatable bonds is 13. The zero-order valence-corrected chi connectivity index (χ0v) is 21.5. The highest BCUT2D eigenvalue weighted by molar-refractivity contribution is 7.90. The Morgan fingerprint density at radius 1 is 0.758 bits per heavy atom. The molecule has 2 aromatic carbocycles. The van der Waals surface area contributed by atoms with Crippen molar-refractivity contribution in [2.45, 2.75) is 45.7 Å². The highest BCUT2D eigenvalue weighted by Crippen LogP contribution is 2.54. The van der Waals surface area contributed by atoms with E-state index in [-0.39, 0.29) is 16.7 Å². The summed E-state index contributed by atoms with van der Waals surface area (Å²) < 4.78 is 21.9. The van der Waals surface area contributed by atoms with Crippen molar-refractivity contribution in [2.24, 2.45) is 5.92 Å². The first-order valence-electron chi connectivity index (χ1n) is 11.1. The lowest BCUT2D eigenvalue weighted by Crippen LogP contribution is -2.19. The third kappa shape index (κ3) is 6.05. The topological polar surface area (TPSA) is 71.1 Å². The van der Waals surface area contributed by atoms with Gasteiger partial charge in [-0.3, -0.25) is 9.59 Å². The molecule has 180 valence electrons. The molecule has 0 aliphatic carbocycles. The lowest BCUT2D eigenvalue weighted by atomic mass is 10.0. The van der Waals surface area contributed by atoms with Crippen molar-refractivity contribution in [1.82, 2.24) is 0 Å². The molecule has 0 spiro atoms. The Morgan fingerprint density at radius 2 is 1.12 bits per heavy atom. The molecule has 0 saturated heterocycles. The zero-order chi connectivity index (χ0) is 24.5. The van der Waals surface area contributed by atoms with Crippen LogP contribution in [0.5, 0.6) is 23.0 Å². The van der Waals surface area contributed by atoms with E-state index in [1.54, 1.807) is 36.4 Å². The van der Waals surface area contributed by atoms with Crippen LogP contribution in [0.2, 0.25) is 0 Å². The summed E-state index contributed by atoms with van der Waals surface area (Å²) in [6, 6.07) is 10.4. The van der Waals surface area contributed by atoms with E-state index in [4.69, 9.17) is 18.9 Å². The van der Waals surface area contributed by atoms with Crippen molar-refractivity contribution in [3.05, 3.63) is 47.5 Å². The van der Waals surface area contributed by atoms with Crippen LogP contribution in [0.1, 0.15) is 60.7 Å². The van der Waals surface area contributed by atoms with E-state index in [0.29, 0.717) is 40.0 Å². The molecule has 0 bridgehead atoms. The molecule has 7 heteroatoms. The van der Waals surface area contributed by atoms with Gasteiger partial charge in [0, 0.05) is 7.92 Å². The third-order valence-electron chi connectivity index (χ3n) is 5.69. The summed E-state index contributed by atoms with van der Waals surface area (Å²) >= 11 is 0. The molecule has 0 saturated carbocycles. The standard InChI is InChI=1S/C26H35O6P/c1-8-11-17(2)16-18(3)33(25(27)23-19(29-4)12-9-13-20(23)30-5)26(28)24-21(31-6)14-10-15-22(24)32-7/h9-10,12-15,17-18H,8,11,16H2,1-7H3. The van der Waals surface area contributed by atoms with Crippen molar-refractivity contribution in [3.63, 3.8) is 0 Å². The predicted octanol–water partition coefficient (Wildman–Crippen LogP) is 6.40. The van der Waals surface area contributed by atoms with E-state index >= 15 is 0 Å². The summed E-state index contributed by atoms with van der Waals surface area (Å²) in [7, 11) is 4.20. The smallest absolute Gasteiger partial charge is 0.199 e. The first kappa shape index (κ1) is 26.7. The highest BCUT2D eigenvalue weighted by atomic mass is 31.1. The molecule has 33 heavy (non-hydrogen) atoms. The molecule has 2 aromatic rings. The monoisotopic (exact) mass is 474 g/mol. The molecule has 0 radical (unpaired) electrons. The summed E-state index contributed by atoms with van der Waals surface area (Å²) in [6.07, 6.45) is 2.84. The predicted molar refractivity (Wildman–Crippen MR) is 133 cm³/mol. The van der Waals surface area contributed by atoms with Gasteiger partial charge in [-0.05, 0) is 42.3 Å². The minimum Gasteiger partial charge on any atom is -0.496 e. The van der Waals surface area contributed by atoms with Crippen LogP contribution in [0.15, 0.2) is 36.4 Å². The first-order valence-corrected chi connectivity index (χ1v) is 12.5. The first-order chi connectivity index (χ1) is 15.8. The van der Waals surface area contributed by atoms with Gasteiger partial charge in [-0.1, -0.05) is 45.7 Å². The fourth-order valence-corrected chi connectivity index (χ4v) is 6.63. The molecule has 2 rings (SSSR count). The van der Waals surface area contributed by atoms with Crippen LogP contribution in [-0.2, 0) is 0 Å². The van der Waals surface area contributed by atoms with Gasteiger partial charge >= 0.3 is 0 Å². The lowest BCUT2D eigenvalue weighted by Gasteiger charge is -2.27. The average Bonchev–Trinajstić information content (AvgIpc) is 2.82. The fourth-order valence-electron chi connectivity index (χ4n) is 4.16.